The quantitative estimate of drug-likeness (QED) is 0.301. The lowest BCUT2D eigenvalue weighted by molar-refractivity contribution is 0.338. The van der Waals surface area contributed by atoms with Crippen molar-refractivity contribution < 1.29 is 0 Å². The van der Waals surface area contributed by atoms with Gasteiger partial charge < -0.3 is 10.3 Å². The lowest BCUT2D eigenvalue weighted by Gasteiger charge is -2.28. The van der Waals surface area contributed by atoms with Gasteiger partial charge in [-0.3, -0.25) is 0 Å². The van der Waals surface area contributed by atoms with E-state index in [0.29, 0.717) is 5.11 Å². The highest BCUT2D eigenvalue weighted by Gasteiger charge is 2.11. The maximum absolute atomic E-state index is 5.17. The summed E-state index contributed by atoms with van der Waals surface area (Å²) in [5.41, 5.74) is 2.49. The van der Waals surface area contributed by atoms with Crippen LogP contribution in [0.25, 0.3) is 0 Å². The van der Waals surface area contributed by atoms with Crippen LogP contribution in [0.5, 0.6) is 0 Å². The molecule has 1 heterocycles. The molecular formula is C6H13N3S. The fourth-order valence-electron chi connectivity index (χ4n) is 1.19. The molecule has 10 heavy (non-hydrogen) atoms. The summed E-state index contributed by atoms with van der Waals surface area (Å²) in [6, 6.07) is 0. The van der Waals surface area contributed by atoms with E-state index in [0.717, 1.165) is 13.1 Å². The van der Waals surface area contributed by atoms with E-state index < -0.39 is 0 Å². The van der Waals surface area contributed by atoms with Crippen LogP contribution in [0.2, 0.25) is 0 Å². The Kier molecular flexibility index (Phi) is 2.89. The van der Waals surface area contributed by atoms with Crippen LogP contribution in [0.4, 0.5) is 0 Å². The third-order valence-electron chi connectivity index (χ3n) is 1.77. The summed E-state index contributed by atoms with van der Waals surface area (Å²) >= 11 is 4.96. The van der Waals surface area contributed by atoms with Gasteiger partial charge in [0.25, 0.3) is 0 Å². The molecule has 1 aliphatic rings. The first-order valence-electron chi connectivity index (χ1n) is 3.60. The Morgan fingerprint density at radius 3 is 2.40 bits per heavy atom. The van der Waals surface area contributed by atoms with Crippen molar-refractivity contribution in [3.63, 3.8) is 0 Å². The molecular weight excluding hydrogens is 146 g/mol. The van der Waals surface area contributed by atoms with Crippen LogP contribution in [0.15, 0.2) is 0 Å². The molecule has 1 aliphatic heterocycles. The number of hydrogen-bond donors (Lipinski definition) is 2. The van der Waals surface area contributed by atoms with Gasteiger partial charge in [0.1, 0.15) is 0 Å². The molecule has 0 spiro atoms. The number of hydrogen-bond acceptors (Lipinski definition) is 2. The second-order valence-electron chi connectivity index (χ2n) is 2.50. The minimum atomic E-state index is 0.680. The molecule has 3 nitrogen and oxygen atoms in total. The molecule has 1 saturated heterocycles. The predicted molar refractivity (Wildman–Crippen MR) is 45.3 cm³/mol. The summed E-state index contributed by atoms with van der Waals surface area (Å²) in [7, 11) is 0. The van der Waals surface area contributed by atoms with Gasteiger partial charge in [-0.05, 0) is 31.5 Å². The number of rotatable bonds is 0. The van der Waals surface area contributed by atoms with E-state index in [-0.39, 0.29) is 0 Å². The van der Waals surface area contributed by atoms with Crippen molar-refractivity contribution in [2.75, 3.05) is 13.1 Å². The summed E-state index contributed by atoms with van der Waals surface area (Å²) in [5, 5.41) is 0.680. The highest BCUT2D eigenvalue weighted by atomic mass is 32.1. The Morgan fingerprint density at radius 2 is 1.90 bits per heavy atom. The van der Waals surface area contributed by atoms with Crippen molar-refractivity contribution in [1.82, 2.24) is 10.3 Å². The second-order valence-corrected chi connectivity index (χ2v) is 2.88. The standard InChI is InChI=1S/C6H13N3S/c7-8-6(10)9-4-2-1-3-5-9/h1-5,7H2,(H,8,10). The molecule has 1 fully saturated rings. The fourth-order valence-corrected chi connectivity index (χ4v) is 1.37. The van der Waals surface area contributed by atoms with Crippen LogP contribution in [0, 0.1) is 0 Å². The predicted octanol–water partition coefficient (Wildman–Crippen LogP) is 0.220. The Labute approximate surface area is 66.5 Å². The van der Waals surface area contributed by atoms with Crippen LogP contribution in [0.1, 0.15) is 19.3 Å². The van der Waals surface area contributed by atoms with Gasteiger partial charge in [0.05, 0.1) is 0 Å². The van der Waals surface area contributed by atoms with Crippen molar-refractivity contribution >= 4 is 17.3 Å². The lowest BCUT2D eigenvalue weighted by Crippen LogP contribution is -2.45. The topological polar surface area (TPSA) is 41.3 Å². The summed E-state index contributed by atoms with van der Waals surface area (Å²) < 4.78 is 0. The zero-order valence-corrected chi connectivity index (χ0v) is 6.78. The zero-order chi connectivity index (χ0) is 7.40. The van der Waals surface area contributed by atoms with E-state index >= 15 is 0 Å². The first-order valence-corrected chi connectivity index (χ1v) is 4.01. The van der Waals surface area contributed by atoms with Crippen LogP contribution < -0.4 is 11.3 Å². The third-order valence-corrected chi connectivity index (χ3v) is 2.14. The van der Waals surface area contributed by atoms with Gasteiger partial charge in [0.15, 0.2) is 5.11 Å². The van der Waals surface area contributed by atoms with Gasteiger partial charge in [-0.25, -0.2) is 5.84 Å². The van der Waals surface area contributed by atoms with Crippen LogP contribution in [0.3, 0.4) is 0 Å². The number of likely N-dealkylation sites (tertiary alicyclic amines) is 1. The molecule has 0 amide bonds. The smallest absolute Gasteiger partial charge is 0.183 e. The first kappa shape index (κ1) is 7.75. The summed E-state index contributed by atoms with van der Waals surface area (Å²) in [4.78, 5) is 2.11. The van der Waals surface area contributed by atoms with Crippen LogP contribution >= 0.6 is 12.2 Å². The van der Waals surface area contributed by atoms with Crippen molar-refractivity contribution in [2.45, 2.75) is 19.3 Å². The molecule has 0 aromatic heterocycles. The number of hydrazine groups is 1. The molecule has 0 bridgehead atoms. The molecule has 0 atom stereocenters. The molecule has 0 aliphatic carbocycles. The van der Waals surface area contributed by atoms with Gasteiger partial charge in [-0.2, -0.15) is 0 Å². The van der Waals surface area contributed by atoms with Gasteiger partial charge in [-0.15, -0.1) is 0 Å². The van der Waals surface area contributed by atoms with E-state index in [1.54, 1.807) is 0 Å². The van der Waals surface area contributed by atoms with E-state index in [1.165, 1.54) is 19.3 Å². The fraction of sp³-hybridized carbons (Fsp3) is 0.833. The molecule has 0 saturated carbocycles. The number of piperidine rings is 1. The van der Waals surface area contributed by atoms with Crippen molar-refractivity contribution in [2.24, 2.45) is 5.84 Å². The molecule has 4 heteroatoms. The monoisotopic (exact) mass is 159 g/mol. The Hall–Kier alpha value is -0.350. The van der Waals surface area contributed by atoms with E-state index in [4.69, 9.17) is 18.1 Å². The normalized spacial score (nSPS) is 18.7. The molecule has 3 N–H and O–H groups in total. The SMILES string of the molecule is NNC(=S)N1CCCCC1. The van der Waals surface area contributed by atoms with Crippen molar-refractivity contribution in [3.05, 3.63) is 0 Å². The van der Waals surface area contributed by atoms with E-state index in [9.17, 15) is 0 Å². The van der Waals surface area contributed by atoms with Gasteiger partial charge in [0.2, 0.25) is 0 Å². The number of nitrogens with one attached hydrogen (secondary N) is 1. The molecule has 0 unspecified atom stereocenters. The van der Waals surface area contributed by atoms with Gasteiger partial charge in [-0.1, -0.05) is 0 Å². The van der Waals surface area contributed by atoms with Gasteiger partial charge in [0, 0.05) is 13.1 Å². The molecule has 0 aromatic rings. The van der Waals surface area contributed by atoms with Crippen molar-refractivity contribution in [1.29, 1.82) is 0 Å². The lowest BCUT2D eigenvalue weighted by atomic mass is 10.1. The number of nitrogens with zero attached hydrogens (tertiary/aromatic N) is 1. The maximum atomic E-state index is 5.17. The Bertz CT molecular complexity index is 120. The second kappa shape index (κ2) is 3.73. The minimum Gasteiger partial charge on any atom is -0.348 e. The number of nitrogens with two attached hydrogens (primary N) is 1. The average molecular weight is 159 g/mol. The van der Waals surface area contributed by atoms with Crippen LogP contribution in [-0.2, 0) is 0 Å². The molecule has 1 rings (SSSR count). The molecule has 0 radical (unpaired) electrons. The Morgan fingerprint density at radius 1 is 1.30 bits per heavy atom. The third kappa shape index (κ3) is 1.82. The summed E-state index contributed by atoms with van der Waals surface area (Å²) in [5.74, 6) is 5.17. The van der Waals surface area contributed by atoms with Crippen molar-refractivity contribution in [3.8, 4) is 0 Å². The molecule has 0 aromatic carbocycles. The number of thiocarbonyl (C=S) groups is 1. The van der Waals surface area contributed by atoms with Gasteiger partial charge >= 0.3 is 0 Å². The molecule has 58 valence electrons. The summed E-state index contributed by atoms with van der Waals surface area (Å²) in [6.07, 6.45) is 3.80. The zero-order valence-electron chi connectivity index (χ0n) is 5.97. The average Bonchev–Trinajstić information content (AvgIpc) is 2.05. The summed E-state index contributed by atoms with van der Waals surface area (Å²) in [6.45, 7) is 2.12. The van der Waals surface area contributed by atoms with Crippen LogP contribution in [-0.4, -0.2) is 23.1 Å². The van der Waals surface area contributed by atoms with E-state index in [2.05, 4.69) is 10.3 Å². The minimum absolute atomic E-state index is 0.680. The highest BCUT2D eigenvalue weighted by molar-refractivity contribution is 7.80. The largest absolute Gasteiger partial charge is 0.348 e. The Balaban J connectivity index is 2.31. The maximum Gasteiger partial charge on any atom is 0.183 e. The highest BCUT2D eigenvalue weighted by Crippen LogP contribution is 2.07. The van der Waals surface area contributed by atoms with E-state index in [1.807, 2.05) is 0 Å². The first-order chi connectivity index (χ1) is 4.84.